The number of carbonyl (C=O) groups is 1. The third-order valence-corrected chi connectivity index (χ3v) is 5.42. The Hall–Kier alpha value is -1.44. The maximum Gasteiger partial charge on any atom is 0.335 e. The molecule has 1 heterocycles. The molecule has 0 spiro atoms. The number of ether oxygens (including phenoxy) is 1. The first-order valence-corrected chi connectivity index (χ1v) is 8.22. The van der Waals surface area contributed by atoms with E-state index in [0.29, 0.717) is 13.2 Å². The number of benzene rings is 1. The van der Waals surface area contributed by atoms with Crippen molar-refractivity contribution in [2.24, 2.45) is 5.92 Å². The van der Waals surface area contributed by atoms with Crippen LogP contribution in [0, 0.1) is 5.92 Å². The molecule has 1 N–H and O–H groups in total. The lowest BCUT2D eigenvalue weighted by Crippen LogP contribution is -2.35. The van der Waals surface area contributed by atoms with Gasteiger partial charge in [-0.2, -0.15) is 0 Å². The lowest BCUT2D eigenvalue weighted by Gasteiger charge is -2.26. The largest absolute Gasteiger partial charge is 0.478 e. The van der Waals surface area contributed by atoms with Gasteiger partial charge in [-0.15, -0.1) is 0 Å². The molecule has 1 aliphatic rings. The van der Waals surface area contributed by atoms with Crippen molar-refractivity contribution in [1.82, 2.24) is 4.31 Å². The van der Waals surface area contributed by atoms with Crippen molar-refractivity contribution < 1.29 is 23.1 Å². The number of carboxylic acids is 1. The van der Waals surface area contributed by atoms with Gasteiger partial charge in [0.2, 0.25) is 10.0 Å². The molecule has 0 saturated carbocycles. The predicted octanol–water partition coefficient (Wildman–Crippen LogP) is 1.43. The van der Waals surface area contributed by atoms with E-state index in [9.17, 15) is 13.2 Å². The van der Waals surface area contributed by atoms with Crippen LogP contribution in [0.4, 0.5) is 0 Å². The zero-order valence-electron chi connectivity index (χ0n) is 11.9. The van der Waals surface area contributed by atoms with Crippen LogP contribution >= 0.6 is 0 Å². The molecule has 116 valence electrons. The molecule has 0 amide bonds. The van der Waals surface area contributed by atoms with Gasteiger partial charge in [0.05, 0.1) is 17.1 Å². The van der Waals surface area contributed by atoms with E-state index in [1.54, 1.807) is 0 Å². The molecule has 1 aromatic rings. The minimum atomic E-state index is -3.60. The van der Waals surface area contributed by atoms with Crippen LogP contribution in [-0.4, -0.2) is 50.6 Å². The maximum absolute atomic E-state index is 12.4. The first kappa shape index (κ1) is 15.9. The van der Waals surface area contributed by atoms with E-state index in [2.05, 4.69) is 0 Å². The standard InChI is InChI=1S/C14H19NO5S/c1-15(9-11-3-2-8-20-10-11)21(18,19)13-6-4-12(5-7-13)14(16)17/h4-7,11H,2-3,8-10H2,1H3,(H,16,17). The van der Waals surface area contributed by atoms with E-state index in [1.807, 2.05) is 0 Å². The molecule has 1 aliphatic heterocycles. The van der Waals surface area contributed by atoms with Crippen molar-refractivity contribution in [1.29, 1.82) is 0 Å². The lowest BCUT2D eigenvalue weighted by molar-refractivity contribution is 0.0495. The molecule has 1 saturated heterocycles. The molecule has 1 fully saturated rings. The van der Waals surface area contributed by atoms with E-state index < -0.39 is 16.0 Å². The number of hydrogen-bond donors (Lipinski definition) is 1. The van der Waals surface area contributed by atoms with Crippen LogP contribution in [-0.2, 0) is 14.8 Å². The van der Waals surface area contributed by atoms with Gasteiger partial charge >= 0.3 is 5.97 Å². The maximum atomic E-state index is 12.4. The molecule has 1 aromatic carbocycles. The van der Waals surface area contributed by atoms with E-state index in [0.717, 1.165) is 19.4 Å². The molecule has 0 radical (unpaired) electrons. The molecule has 1 atom stereocenters. The van der Waals surface area contributed by atoms with Crippen LogP contribution in [0.15, 0.2) is 29.2 Å². The average Bonchev–Trinajstić information content (AvgIpc) is 2.48. The fraction of sp³-hybridized carbons (Fsp3) is 0.500. The number of sulfonamides is 1. The smallest absolute Gasteiger partial charge is 0.335 e. The van der Waals surface area contributed by atoms with Crippen LogP contribution in [0.3, 0.4) is 0 Å². The summed E-state index contributed by atoms with van der Waals surface area (Å²) in [5.41, 5.74) is 0.0669. The highest BCUT2D eigenvalue weighted by Crippen LogP contribution is 2.20. The van der Waals surface area contributed by atoms with Crippen LogP contribution in [0.25, 0.3) is 0 Å². The Kier molecular flexibility index (Phi) is 4.97. The molecule has 7 heteroatoms. The van der Waals surface area contributed by atoms with Gasteiger partial charge in [0.15, 0.2) is 0 Å². The summed E-state index contributed by atoms with van der Waals surface area (Å²) in [5.74, 6) is -0.872. The van der Waals surface area contributed by atoms with Gasteiger partial charge in [-0.05, 0) is 43.0 Å². The summed E-state index contributed by atoms with van der Waals surface area (Å²) in [6.45, 7) is 1.73. The van der Waals surface area contributed by atoms with Gasteiger partial charge in [0.1, 0.15) is 0 Å². The highest BCUT2D eigenvalue weighted by Gasteiger charge is 2.25. The Balaban J connectivity index is 2.10. The van der Waals surface area contributed by atoms with Crippen molar-refractivity contribution >= 4 is 16.0 Å². The van der Waals surface area contributed by atoms with Crippen molar-refractivity contribution in [2.45, 2.75) is 17.7 Å². The highest BCUT2D eigenvalue weighted by molar-refractivity contribution is 7.89. The Morgan fingerprint density at radius 1 is 1.38 bits per heavy atom. The van der Waals surface area contributed by atoms with Gasteiger partial charge in [-0.1, -0.05) is 0 Å². The van der Waals surface area contributed by atoms with Crippen LogP contribution in [0.5, 0.6) is 0 Å². The molecule has 0 aliphatic carbocycles. The number of hydrogen-bond acceptors (Lipinski definition) is 4. The molecule has 2 rings (SSSR count). The molecule has 6 nitrogen and oxygen atoms in total. The molecular formula is C14H19NO5S. The lowest BCUT2D eigenvalue weighted by atomic mass is 10.0. The van der Waals surface area contributed by atoms with E-state index in [-0.39, 0.29) is 16.4 Å². The third-order valence-electron chi connectivity index (χ3n) is 3.58. The number of carboxylic acid groups (broad SMARTS) is 1. The Bertz CT molecular complexity index is 590. The zero-order valence-corrected chi connectivity index (χ0v) is 12.7. The quantitative estimate of drug-likeness (QED) is 0.889. The second-order valence-electron chi connectivity index (χ2n) is 5.20. The third kappa shape index (κ3) is 3.81. The van der Waals surface area contributed by atoms with Crippen molar-refractivity contribution in [3.8, 4) is 0 Å². The second kappa shape index (κ2) is 6.55. The minimum Gasteiger partial charge on any atom is -0.478 e. The van der Waals surface area contributed by atoms with Crippen molar-refractivity contribution in [2.75, 3.05) is 26.8 Å². The first-order chi connectivity index (χ1) is 9.91. The van der Waals surface area contributed by atoms with Crippen LogP contribution < -0.4 is 0 Å². The van der Waals surface area contributed by atoms with Gasteiger partial charge in [-0.25, -0.2) is 17.5 Å². The topological polar surface area (TPSA) is 83.9 Å². The number of aromatic carboxylic acids is 1. The molecular weight excluding hydrogens is 294 g/mol. The van der Waals surface area contributed by atoms with Crippen molar-refractivity contribution in [3.05, 3.63) is 29.8 Å². The summed E-state index contributed by atoms with van der Waals surface area (Å²) in [6, 6.07) is 5.25. The normalized spacial score (nSPS) is 19.6. The predicted molar refractivity (Wildman–Crippen MR) is 76.8 cm³/mol. The summed E-state index contributed by atoms with van der Waals surface area (Å²) in [6.07, 6.45) is 1.91. The van der Waals surface area contributed by atoms with E-state index in [4.69, 9.17) is 9.84 Å². The van der Waals surface area contributed by atoms with E-state index in [1.165, 1.54) is 35.6 Å². The monoisotopic (exact) mass is 313 g/mol. The molecule has 0 aromatic heterocycles. The molecule has 1 unspecified atom stereocenters. The second-order valence-corrected chi connectivity index (χ2v) is 7.24. The fourth-order valence-electron chi connectivity index (χ4n) is 2.36. The summed E-state index contributed by atoms with van der Waals surface area (Å²) in [4.78, 5) is 10.9. The van der Waals surface area contributed by atoms with Gasteiger partial charge in [0.25, 0.3) is 0 Å². The molecule has 0 bridgehead atoms. The first-order valence-electron chi connectivity index (χ1n) is 6.78. The summed E-state index contributed by atoms with van der Waals surface area (Å²) in [5, 5.41) is 8.83. The van der Waals surface area contributed by atoms with Gasteiger partial charge < -0.3 is 9.84 Å². The van der Waals surface area contributed by atoms with Crippen LogP contribution in [0.1, 0.15) is 23.2 Å². The Morgan fingerprint density at radius 2 is 2.05 bits per heavy atom. The fourth-order valence-corrected chi connectivity index (χ4v) is 3.61. The number of nitrogens with zero attached hydrogens (tertiary/aromatic N) is 1. The summed E-state index contributed by atoms with van der Waals surface area (Å²) in [7, 11) is -2.06. The minimum absolute atomic E-state index is 0.0669. The SMILES string of the molecule is CN(CC1CCCOC1)S(=O)(=O)c1ccc(C(=O)O)cc1. The average molecular weight is 313 g/mol. The number of rotatable bonds is 5. The van der Waals surface area contributed by atoms with E-state index >= 15 is 0 Å². The Morgan fingerprint density at radius 3 is 2.57 bits per heavy atom. The van der Waals surface area contributed by atoms with Gasteiger partial charge in [-0.3, -0.25) is 0 Å². The Labute approximate surface area is 124 Å². The van der Waals surface area contributed by atoms with Crippen molar-refractivity contribution in [3.63, 3.8) is 0 Å². The summed E-state index contributed by atoms with van der Waals surface area (Å²) < 4.78 is 31.5. The van der Waals surface area contributed by atoms with Crippen LogP contribution in [0.2, 0.25) is 0 Å². The summed E-state index contributed by atoms with van der Waals surface area (Å²) >= 11 is 0. The highest BCUT2D eigenvalue weighted by atomic mass is 32.2. The molecule has 21 heavy (non-hydrogen) atoms. The zero-order chi connectivity index (χ0) is 15.5. The van der Waals surface area contributed by atoms with Gasteiger partial charge in [0, 0.05) is 20.2 Å².